The number of fused-ring (bicyclic) bond motifs is 5. The molecule has 0 amide bonds. The number of benzene rings is 5. The van der Waals surface area contributed by atoms with Crippen molar-refractivity contribution in [3.8, 4) is 17.2 Å². The van der Waals surface area contributed by atoms with Gasteiger partial charge < -0.3 is 10.2 Å². The summed E-state index contributed by atoms with van der Waals surface area (Å²) >= 11 is 1.75. The van der Waals surface area contributed by atoms with E-state index in [-0.39, 0.29) is 5.41 Å². The van der Waals surface area contributed by atoms with Crippen molar-refractivity contribution in [2.75, 3.05) is 10.2 Å². The normalized spacial score (nSPS) is 14.1. The highest BCUT2D eigenvalue weighted by Crippen LogP contribution is 2.52. The lowest BCUT2D eigenvalue weighted by molar-refractivity contribution is 0.660. The molecule has 4 heteroatoms. The summed E-state index contributed by atoms with van der Waals surface area (Å²) in [6, 6.07) is 38.7. The highest BCUT2D eigenvalue weighted by molar-refractivity contribution is 7.99. The average Bonchev–Trinajstić information content (AvgIpc) is 3.18. The Labute approximate surface area is 233 Å². The molecule has 0 radical (unpaired) electrons. The molecule has 5 aromatic carbocycles. The SMILES string of the molecule is Cc1cc(Nc2ccc3c(c2)C(C)(C)c2ccccc2-3)ccc1N1c2ccccc2Sc2ccc(C#N)cc21. The Morgan fingerprint density at radius 1 is 0.692 bits per heavy atom. The number of nitriles is 1. The van der Waals surface area contributed by atoms with Crippen molar-refractivity contribution < 1.29 is 0 Å². The first-order chi connectivity index (χ1) is 18.9. The molecule has 0 atom stereocenters. The Bertz CT molecular complexity index is 1830. The van der Waals surface area contributed by atoms with Crippen LogP contribution in [0.1, 0.15) is 36.1 Å². The summed E-state index contributed by atoms with van der Waals surface area (Å²) in [7, 11) is 0. The Hall–Kier alpha value is -4.46. The number of hydrogen-bond donors (Lipinski definition) is 1. The van der Waals surface area contributed by atoms with Gasteiger partial charge in [0.1, 0.15) is 0 Å². The molecular weight excluding hydrogens is 494 g/mol. The number of para-hydroxylation sites is 1. The molecule has 1 heterocycles. The van der Waals surface area contributed by atoms with Crippen LogP contribution >= 0.6 is 11.8 Å². The van der Waals surface area contributed by atoms with Crippen molar-refractivity contribution in [2.45, 2.75) is 36.0 Å². The minimum Gasteiger partial charge on any atom is -0.356 e. The van der Waals surface area contributed by atoms with E-state index in [4.69, 9.17) is 0 Å². The van der Waals surface area contributed by atoms with E-state index < -0.39 is 0 Å². The van der Waals surface area contributed by atoms with Crippen LogP contribution in [-0.2, 0) is 5.41 Å². The Kier molecular flexibility index (Phi) is 5.33. The van der Waals surface area contributed by atoms with Crippen LogP contribution in [0.5, 0.6) is 0 Å². The van der Waals surface area contributed by atoms with Gasteiger partial charge in [-0.2, -0.15) is 5.26 Å². The van der Waals surface area contributed by atoms with Gasteiger partial charge in [0.2, 0.25) is 0 Å². The molecule has 1 N–H and O–H groups in total. The monoisotopic (exact) mass is 521 g/mol. The average molecular weight is 522 g/mol. The standard InChI is InChI=1S/C35H27N3S/c1-22-18-24(37-25-13-15-27-26-8-4-5-9-28(26)35(2,3)29(27)20-25)14-16-30(22)38-31-10-6-7-11-33(31)39-34-17-12-23(21-36)19-32(34)38/h4-20,37H,1-3H3. The fourth-order valence-corrected chi connectivity index (χ4v) is 7.06. The first-order valence-electron chi connectivity index (χ1n) is 13.2. The molecular formula is C35H27N3S. The summed E-state index contributed by atoms with van der Waals surface area (Å²) in [4.78, 5) is 4.64. The number of rotatable bonds is 3. The number of nitrogens with zero attached hydrogens (tertiary/aromatic N) is 2. The largest absolute Gasteiger partial charge is 0.356 e. The van der Waals surface area contributed by atoms with Crippen molar-refractivity contribution in [3.05, 3.63) is 125 Å². The maximum Gasteiger partial charge on any atom is 0.0992 e. The molecule has 0 spiro atoms. The maximum atomic E-state index is 9.58. The molecule has 39 heavy (non-hydrogen) atoms. The quantitative estimate of drug-likeness (QED) is 0.251. The van der Waals surface area contributed by atoms with Crippen molar-refractivity contribution >= 4 is 40.2 Å². The van der Waals surface area contributed by atoms with Gasteiger partial charge in [-0.15, -0.1) is 0 Å². The van der Waals surface area contributed by atoms with Crippen LogP contribution in [0.25, 0.3) is 11.1 Å². The first kappa shape index (κ1) is 23.6. The van der Waals surface area contributed by atoms with Crippen LogP contribution in [0.15, 0.2) is 113 Å². The van der Waals surface area contributed by atoms with Gasteiger partial charge in [0.05, 0.1) is 23.0 Å². The van der Waals surface area contributed by atoms with Crippen LogP contribution in [0.4, 0.5) is 28.4 Å². The molecule has 7 rings (SSSR count). The third-order valence-corrected chi connectivity index (χ3v) is 9.10. The third kappa shape index (κ3) is 3.73. The molecule has 1 aliphatic heterocycles. The molecule has 0 aromatic heterocycles. The van der Waals surface area contributed by atoms with E-state index in [9.17, 15) is 5.26 Å². The molecule has 5 aromatic rings. The highest BCUT2D eigenvalue weighted by Gasteiger charge is 2.35. The van der Waals surface area contributed by atoms with Crippen molar-refractivity contribution in [1.29, 1.82) is 5.26 Å². The lowest BCUT2D eigenvalue weighted by atomic mass is 9.82. The minimum absolute atomic E-state index is 0.0290. The topological polar surface area (TPSA) is 39.1 Å². The zero-order valence-electron chi connectivity index (χ0n) is 22.1. The van der Waals surface area contributed by atoms with Gasteiger partial charge in [-0.1, -0.05) is 68.1 Å². The molecule has 188 valence electrons. The van der Waals surface area contributed by atoms with Gasteiger partial charge in [0.25, 0.3) is 0 Å². The van der Waals surface area contributed by atoms with E-state index in [1.54, 1.807) is 11.8 Å². The van der Waals surface area contributed by atoms with E-state index in [1.807, 2.05) is 12.1 Å². The molecule has 0 unspecified atom stereocenters. The minimum atomic E-state index is -0.0290. The van der Waals surface area contributed by atoms with E-state index >= 15 is 0 Å². The second-order valence-electron chi connectivity index (χ2n) is 10.8. The third-order valence-electron chi connectivity index (χ3n) is 7.96. The number of anilines is 5. The van der Waals surface area contributed by atoms with E-state index in [2.05, 4.69) is 128 Å². The predicted molar refractivity (Wildman–Crippen MR) is 162 cm³/mol. The molecule has 0 bridgehead atoms. The van der Waals surface area contributed by atoms with Crippen LogP contribution < -0.4 is 10.2 Å². The van der Waals surface area contributed by atoms with Crippen LogP contribution in [-0.4, -0.2) is 0 Å². The van der Waals surface area contributed by atoms with Crippen LogP contribution in [0, 0.1) is 18.3 Å². The number of nitrogens with one attached hydrogen (secondary N) is 1. The fraction of sp³-hybridized carbons (Fsp3) is 0.114. The maximum absolute atomic E-state index is 9.58. The number of hydrogen-bond acceptors (Lipinski definition) is 4. The van der Waals surface area contributed by atoms with Crippen LogP contribution in [0.3, 0.4) is 0 Å². The van der Waals surface area contributed by atoms with Gasteiger partial charge in [-0.05, 0) is 95.4 Å². The summed E-state index contributed by atoms with van der Waals surface area (Å²) in [6.45, 7) is 6.77. The Morgan fingerprint density at radius 2 is 1.41 bits per heavy atom. The smallest absolute Gasteiger partial charge is 0.0992 e. The predicted octanol–water partition coefficient (Wildman–Crippen LogP) is 9.85. The molecule has 0 saturated heterocycles. The van der Waals surface area contributed by atoms with Crippen molar-refractivity contribution in [2.24, 2.45) is 0 Å². The number of aryl methyl sites for hydroxylation is 1. The molecule has 0 fully saturated rings. The van der Waals surface area contributed by atoms with E-state index in [0.29, 0.717) is 5.56 Å². The van der Waals surface area contributed by atoms with E-state index in [0.717, 1.165) is 38.9 Å². The zero-order valence-corrected chi connectivity index (χ0v) is 22.9. The summed E-state index contributed by atoms with van der Waals surface area (Å²) in [6.07, 6.45) is 0. The van der Waals surface area contributed by atoms with Crippen molar-refractivity contribution in [3.63, 3.8) is 0 Å². The van der Waals surface area contributed by atoms with Crippen molar-refractivity contribution in [1.82, 2.24) is 0 Å². The molecule has 3 nitrogen and oxygen atoms in total. The first-order valence-corrected chi connectivity index (χ1v) is 14.0. The molecule has 0 saturated carbocycles. The summed E-state index contributed by atoms with van der Waals surface area (Å²) in [5.74, 6) is 0. The van der Waals surface area contributed by atoms with Gasteiger partial charge in [-0.25, -0.2) is 0 Å². The van der Waals surface area contributed by atoms with Gasteiger partial charge in [-0.3, -0.25) is 0 Å². The second-order valence-corrected chi connectivity index (χ2v) is 11.8. The molecule has 2 aliphatic rings. The summed E-state index contributed by atoms with van der Waals surface area (Å²) in [5, 5.41) is 13.2. The Morgan fingerprint density at radius 3 is 2.26 bits per heavy atom. The van der Waals surface area contributed by atoms with Gasteiger partial charge in [0.15, 0.2) is 0 Å². The van der Waals surface area contributed by atoms with Gasteiger partial charge >= 0.3 is 0 Å². The van der Waals surface area contributed by atoms with E-state index in [1.165, 1.54) is 27.1 Å². The second kappa shape index (κ2) is 8.80. The lowest BCUT2D eigenvalue weighted by Gasteiger charge is -2.34. The van der Waals surface area contributed by atoms with Crippen LogP contribution in [0.2, 0.25) is 0 Å². The molecule has 1 aliphatic carbocycles. The Balaban J connectivity index is 1.25. The summed E-state index contributed by atoms with van der Waals surface area (Å²) in [5.41, 5.74) is 12.6. The van der Waals surface area contributed by atoms with Gasteiger partial charge in [0, 0.05) is 32.3 Å². The highest BCUT2D eigenvalue weighted by atomic mass is 32.2. The summed E-state index contributed by atoms with van der Waals surface area (Å²) < 4.78 is 0. The lowest BCUT2D eigenvalue weighted by Crippen LogP contribution is -2.16. The zero-order chi connectivity index (χ0) is 26.7. The fourth-order valence-electron chi connectivity index (χ4n) is 6.02.